The molecule has 0 amide bonds. The van der Waals surface area contributed by atoms with Gasteiger partial charge < -0.3 is 5.11 Å². The maximum Gasteiger partial charge on any atom is 0.335 e. The lowest BCUT2D eigenvalue weighted by atomic mass is 9.95. The van der Waals surface area contributed by atoms with Crippen molar-refractivity contribution < 1.29 is 9.90 Å². The van der Waals surface area contributed by atoms with Crippen LogP contribution in [0.25, 0.3) is 0 Å². The summed E-state index contributed by atoms with van der Waals surface area (Å²) in [6.07, 6.45) is 0.589. The molecule has 0 fully saturated rings. The molecule has 0 saturated heterocycles. The fourth-order valence-corrected chi connectivity index (χ4v) is 2.22. The molecule has 0 atom stereocenters. The largest absolute Gasteiger partial charge is 0.478 e. The van der Waals surface area contributed by atoms with E-state index in [-0.39, 0.29) is 0 Å². The van der Waals surface area contributed by atoms with Gasteiger partial charge in [-0.2, -0.15) is 0 Å². The van der Waals surface area contributed by atoms with Crippen LogP contribution in [0.3, 0.4) is 0 Å². The maximum atomic E-state index is 11.2. The quantitative estimate of drug-likeness (QED) is 0.851. The second-order valence-corrected chi connectivity index (χ2v) is 4.31. The Balaban J connectivity index is 2.44. The number of aromatic carboxylic acids is 1. The minimum absolute atomic E-state index is 0.323. The Kier molecular flexibility index (Phi) is 4.00. The molecule has 0 aliphatic heterocycles. The van der Waals surface area contributed by atoms with Crippen LogP contribution in [0, 0.1) is 0 Å². The number of hydrogen-bond donors (Lipinski definition) is 1. The summed E-state index contributed by atoms with van der Waals surface area (Å²) in [6, 6.07) is 15.0. The second-order valence-electron chi connectivity index (χ2n) is 4.04. The van der Waals surface area contributed by atoms with Crippen LogP contribution < -0.4 is 0 Å². The van der Waals surface area contributed by atoms with E-state index in [1.807, 2.05) is 36.4 Å². The van der Waals surface area contributed by atoms with Crippen molar-refractivity contribution in [2.24, 2.45) is 0 Å². The van der Waals surface area contributed by atoms with Gasteiger partial charge in [-0.15, -0.1) is 11.6 Å². The third-order valence-electron chi connectivity index (χ3n) is 2.87. The van der Waals surface area contributed by atoms with Crippen molar-refractivity contribution in [2.75, 3.05) is 0 Å². The van der Waals surface area contributed by atoms with E-state index < -0.39 is 5.97 Å². The first kappa shape index (κ1) is 12.7. The zero-order valence-electron chi connectivity index (χ0n) is 9.77. The summed E-state index contributed by atoms with van der Waals surface area (Å²) in [6.45, 7) is 0. The Hall–Kier alpha value is -1.80. The monoisotopic (exact) mass is 260 g/mol. The Morgan fingerprint density at radius 2 is 1.78 bits per heavy atom. The van der Waals surface area contributed by atoms with Crippen LogP contribution in [0.1, 0.15) is 27.0 Å². The van der Waals surface area contributed by atoms with E-state index in [2.05, 4.69) is 0 Å². The normalized spacial score (nSPS) is 10.3. The van der Waals surface area contributed by atoms with Gasteiger partial charge in [-0.05, 0) is 29.2 Å². The van der Waals surface area contributed by atoms with E-state index in [1.54, 1.807) is 12.1 Å². The van der Waals surface area contributed by atoms with Crippen LogP contribution in [0.5, 0.6) is 0 Å². The molecule has 2 nitrogen and oxygen atoms in total. The molecular formula is C15H13ClO2. The van der Waals surface area contributed by atoms with Crippen molar-refractivity contribution in [3.05, 3.63) is 70.8 Å². The lowest BCUT2D eigenvalue weighted by molar-refractivity contribution is 0.0695. The summed E-state index contributed by atoms with van der Waals surface area (Å²) in [5, 5.41) is 9.22. The van der Waals surface area contributed by atoms with Crippen molar-refractivity contribution in [3.8, 4) is 0 Å². The highest BCUT2D eigenvalue weighted by Gasteiger charge is 2.13. The summed E-state index contributed by atoms with van der Waals surface area (Å²) >= 11 is 5.88. The fourth-order valence-electron chi connectivity index (χ4n) is 1.97. The maximum absolute atomic E-state index is 11.2. The number of benzene rings is 2. The number of carbonyl (C=O) groups is 1. The highest BCUT2D eigenvalue weighted by molar-refractivity contribution is 6.17. The van der Waals surface area contributed by atoms with Crippen LogP contribution >= 0.6 is 11.6 Å². The predicted octanol–water partition coefficient (Wildman–Crippen LogP) is 3.71. The number of carboxylic acids is 1. The molecule has 0 aliphatic rings. The van der Waals surface area contributed by atoms with Gasteiger partial charge in [0.15, 0.2) is 0 Å². The van der Waals surface area contributed by atoms with E-state index in [9.17, 15) is 9.90 Å². The number of alkyl halides is 1. The first-order valence-corrected chi connectivity index (χ1v) is 6.19. The topological polar surface area (TPSA) is 37.3 Å². The van der Waals surface area contributed by atoms with Gasteiger partial charge in [0.05, 0.1) is 5.56 Å². The predicted molar refractivity (Wildman–Crippen MR) is 72.2 cm³/mol. The van der Waals surface area contributed by atoms with E-state index >= 15 is 0 Å². The molecule has 92 valence electrons. The smallest absolute Gasteiger partial charge is 0.335 e. The first-order chi connectivity index (χ1) is 8.72. The van der Waals surface area contributed by atoms with Crippen molar-refractivity contribution in [3.63, 3.8) is 0 Å². The molecule has 1 N–H and O–H groups in total. The average molecular weight is 261 g/mol. The Morgan fingerprint density at radius 3 is 2.39 bits per heavy atom. The molecule has 2 rings (SSSR count). The SMILES string of the molecule is O=C(O)c1cccc(CCl)c1Cc1ccccc1. The van der Waals surface area contributed by atoms with Gasteiger partial charge in [-0.1, -0.05) is 42.5 Å². The van der Waals surface area contributed by atoms with Gasteiger partial charge in [-0.3, -0.25) is 0 Å². The molecule has 0 saturated carbocycles. The molecule has 0 unspecified atom stereocenters. The molecule has 2 aromatic rings. The van der Waals surface area contributed by atoms with Crippen LogP contribution in [0.15, 0.2) is 48.5 Å². The van der Waals surface area contributed by atoms with Crippen molar-refractivity contribution in [2.45, 2.75) is 12.3 Å². The van der Waals surface area contributed by atoms with Crippen LogP contribution in [0.4, 0.5) is 0 Å². The second kappa shape index (κ2) is 5.69. The summed E-state index contributed by atoms with van der Waals surface area (Å²) < 4.78 is 0. The molecule has 0 aromatic heterocycles. The highest BCUT2D eigenvalue weighted by Crippen LogP contribution is 2.21. The minimum atomic E-state index is -0.909. The van der Waals surface area contributed by atoms with Crippen LogP contribution in [-0.4, -0.2) is 11.1 Å². The standard InChI is InChI=1S/C15H13ClO2/c16-10-12-7-4-8-13(15(17)18)14(12)9-11-5-2-1-3-6-11/h1-8H,9-10H2,(H,17,18). The summed E-state index contributed by atoms with van der Waals surface area (Å²) in [5.41, 5.74) is 3.08. The van der Waals surface area contributed by atoms with Gasteiger partial charge in [0.2, 0.25) is 0 Å². The number of carboxylic acid groups (broad SMARTS) is 1. The third-order valence-corrected chi connectivity index (χ3v) is 3.16. The summed E-state index contributed by atoms with van der Waals surface area (Å²) in [7, 11) is 0. The number of hydrogen-bond acceptors (Lipinski definition) is 1. The molecular weight excluding hydrogens is 248 g/mol. The fraction of sp³-hybridized carbons (Fsp3) is 0.133. The van der Waals surface area contributed by atoms with Gasteiger partial charge >= 0.3 is 5.97 Å². The van der Waals surface area contributed by atoms with E-state index in [0.29, 0.717) is 17.9 Å². The van der Waals surface area contributed by atoms with Gasteiger partial charge in [-0.25, -0.2) is 4.79 Å². The lowest BCUT2D eigenvalue weighted by Gasteiger charge is -2.11. The Bertz CT molecular complexity index is 550. The molecule has 0 spiro atoms. The molecule has 0 bridgehead atoms. The van der Waals surface area contributed by atoms with Crippen molar-refractivity contribution in [1.29, 1.82) is 0 Å². The van der Waals surface area contributed by atoms with Crippen molar-refractivity contribution >= 4 is 17.6 Å². The van der Waals surface area contributed by atoms with Gasteiger partial charge in [0, 0.05) is 5.88 Å². The average Bonchev–Trinajstić information content (AvgIpc) is 2.40. The Labute approximate surface area is 111 Å². The van der Waals surface area contributed by atoms with E-state index in [0.717, 1.165) is 16.7 Å². The first-order valence-electron chi connectivity index (χ1n) is 5.66. The van der Waals surface area contributed by atoms with Gasteiger partial charge in [0.1, 0.15) is 0 Å². The van der Waals surface area contributed by atoms with Crippen molar-refractivity contribution in [1.82, 2.24) is 0 Å². The van der Waals surface area contributed by atoms with E-state index in [4.69, 9.17) is 11.6 Å². The Morgan fingerprint density at radius 1 is 1.06 bits per heavy atom. The number of rotatable bonds is 4. The minimum Gasteiger partial charge on any atom is -0.478 e. The zero-order valence-corrected chi connectivity index (χ0v) is 10.5. The third kappa shape index (κ3) is 2.71. The zero-order chi connectivity index (χ0) is 13.0. The molecule has 18 heavy (non-hydrogen) atoms. The lowest BCUT2D eigenvalue weighted by Crippen LogP contribution is -2.06. The van der Waals surface area contributed by atoms with Crippen LogP contribution in [0.2, 0.25) is 0 Å². The van der Waals surface area contributed by atoms with Crippen LogP contribution in [-0.2, 0) is 12.3 Å². The molecule has 0 heterocycles. The summed E-state index contributed by atoms with van der Waals surface area (Å²) in [5.74, 6) is -0.587. The summed E-state index contributed by atoms with van der Waals surface area (Å²) in [4.78, 5) is 11.2. The molecule has 0 aliphatic carbocycles. The number of halogens is 1. The molecule has 0 radical (unpaired) electrons. The van der Waals surface area contributed by atoms with E-state index in [1.165, 1.54) is 0 Å². The molecule has 3 heteroatoms. The highest BCUT2D eigenvalue weighted by atomic mass is 35.5. The molecule has 2 aromatic carbocycles. The van der Waals surface area contributed by atoms with Gasteiger partial charge in [0.25, 0.3) is 0 Å².